The third kappa shape index (κ3) is 4.43. The van der Waals surface area contributed by atoms with Crippen LogP contribution in [0.15, 0.2) is 18.2 Å². The summed E-state index contributed by atoms with van der Waals surface area (Å²) >= 11 is 0. The molecule has 5 rings (SSSR count). The number of carbonyl (C=O) groups is 1. The van der Waals surface area contributed by atoms with Gasteiger partial charge in [-0.25, -0.2) is 4.79 Å². The van der Waals surface area contributed by atoms with Gasteiger partial charge in [0.15, 0.2) is 0 Å². The molecule has 0 radical (unpaired) electrons. The number of hydrogen-bond acceptors (Lipinski definition) is 5. The van der Waals surface area contributed by atoms with Crippen LogP contribution in [0.1, 0.15) is 88.7 Å². The van der Waals surface area contributed by atoms with Gasteiger partial charge in [0.05, 0.1) is 6.10 Å². The van der Waals surface area contributed by atoms with Crippen LogP contribution in [0.2, 0.25) is 0 Å². The van der Waals surface area contributed by atoms with Crippen molar-refractivity contribution in [3.8, 4) is 5.75 Å². The summed E-state index contributed by atoms with van der Waals surface area (Å²) in [4.78, 5) is 12.4. The van der Waals surface area contributed by atoms with Gasteiger partial charge in [0, 0.05) is 0 Å². The number of carbonyl (C=O) groups excluding carboxylic acids is 1. The quantitative estimate of drug-likeness (QED) is 0.448. The van der Waals surface area contributed by atoms with E-state index in [0.29, 0.717) is 29.4 Å². The van der Waals surface area contributed by atoms with Crippen LogP contribution in [0.5, 0.6) is 5.75 Å². The predicted octanol–water partition coefficient (Wildman–Crippen LogP) is 5.59. The fraction of sp³-hybridized carbons (Fsp3) is 0.750. The molecule has 1 aliphatic heterocycles. The minimum absolute atomic E-state index is 0.0473. The number of nitrogens with one attached hydrogen (secondary N) is 1. The number of rotatable bonds is 5. The second-order valence-corrected chi connectivity index (χ2v) is 11.3. The molecular formula is C28H41NO4. The number of unbranched alkanes of at least 4 members (excludes halogenated alkanes) is 1. The van der Waals surface area contributed by atoms with Crippen molar-refractivity contribution < 1.29 is 19.4 Å². The Morgan fingerprint density at radius 3 is 2.79 bits per heavy atom. The highest BCUT2D eigenvalue weighted by molar-refractivity contribution is 5.64. The monoisotopic (exact) mass is 455 g/mol. The average molecular weight is 456 g/mol. The van der Waals surface area contributed by atoms with Gasteiger partial charge in [-0.15, -0.1) is 0 Å². The summed E-state index contributed by atoms with van der Waals surface area (Å²) in [5.41, 5.74) is 2.90. The first kappa shape index (κ1) is 23.2. The van der Waals surface area contributed by atoms with Crippen LogP contribution >= 0.6 is 0 Å². The lowest BCUT2D eigenvalue weighted by atomic mass is 9.52. The molecule has 3 fully saturated rings. The van der Waals surface area contributed by atoms with E-state index in [4.69, 9.17) is 9.47 Å². The van der Waals surface area contributed by atoms with Gasteiger partial charge in [-0.1, -0.05) is 32.8 Å². The number of benzene rings is 1. The molecule has 5 nitrogen and oxygen atoms in total. The van der Waals surface area contributed by atoms with Crippen molar-refractivity contribution in [3.05, 3.63) is 29.3 Å². The van der Waals surface area contributed by atoms with Crippen LogP contribution in [0, 0.1) is 23.2 Å². The van der Waals surface area contributed by atoms with E-state index >= 15 is 0 Å². The van der Waals surface area contributed by atoms with E-state index in [1.54, 1.807) is 0 Å². The molecule has 0 amide bonds. The van der Waals surface area contributed by atoms with E-state index < -0.39 is 6.16 Å². The van der Waals surface area contributed by atoms with Gasteiger partial charge in [0.25, 0.3) is 0 Å². The van der Waals surface area contributed by atoms with Gasteiger partial charge in [0.1, 0.15) is 11.9 Å². The van der Waals surface area contributed by atoms with E-state index in [1.807, 2.05) is 6.07 Å². The first-order chi connectivity index (χ1) is 16.0. The van der Waals surface area contributed by atoms with E-state index in [9.17, 15) is 9.90 Å². The van der Waals surface area contributed by atoms with Crippen molar-refractivity contribution in [2.24, 2.45) is 23.2 Å². The Morgan fingerprint density at radius 1 is 1.18 bits per heavy atom. The minimum Gasteiger partial charge on any atom is -0.431 e. The summed E-state index contributed by atoms with van der Waals surface area (Å²) in [6, 6.07) is 6.28. The van der Waals surface area contributed by atoms with Gasteiger partial charge in [0.2, 0.25) is 0 Å². The maximum Gasteiger partial charge on any atom is 0.514 e. The van der Waals surface area contributed by atoms with Crippen LogP contribution < -0.4 is 10.1 Å². The zero-order chi connectivity index (χ0) is 23.0. The fourth-order valence-corrected chi connectivity index (χ4v) is 7.72. The van der Waals surface area contributed by atoms with Crippen LogP contribution in [0.4, 0.5) is 4.79 Å². The molecule has 5 heteroatoms. The maximum atomic E-state index is 12.4. The Labute approximate surface area is 198 Å². The summed E-state index contributed by atoms with van der Waals surface area (Å²) in [5, 5.41) is 14.1. The molecule has 4 aliphatic rings. The lowest BCUT2D eigenvalue weighted by Crippen LogP contribution is -2.47. The van der Waals surface area contributed by atoms with Crippen molar-refractivity contribution in [2.75, 3.05) is 13.1 Å². The Balaban J connectivity index is 1.35. The van der Waals surface area contributed by atoms with Crippen molar-refractivity contribution in [1.29, 1.82) is 0 Å². The maximum absolute atomic E-state index is 12.4. The van der Waals surface area contributed by atoms with Crippen molar-refractivity contribution in [2.45, 2.75) is 96.2 Å². The Kier molecular flexibility index (Phi) is 6.72. The molecule has 0 spiro atoms. The highest BCUT2D eigenvalue weighted by atomic mass is 16.7. The summed E-state index contributed by atoms with van der Waals surface area (Å²) in [6.07, 6.45) is 10.1. The average Bonchev–Trinajstić information content (AvgIpc) is 3.12. The summed E-state index contributed by atoms with van der Waals surface area (Å²) in [7, 11) is 0. The molecule has 182 valence electrons. The lowest BCUT2D eigenvalue weighted by Gasteiger charge is -2.53. The zero-order valence-corrected chi connectivity index (χ0v) is 20.4. The minimum atomic E-state index is -0.577. The SMILES string of the molecule is CCCC[C@@H]1Cc2cc(OC(=O)OC3CCNCC3)ccc2C2CC[C@@]3(C)C(CC[C@@H]3O)[C@@H]21. The molecule has 6 atom stereocenters. The largest absolute Gasteiger partial charge is 0.514 e. The molecule has 1 saturated heterocycles. The van der Waals surface area contributed by atoms with E-state index in [-0.39, 0.29) is 17.6 Å². The summed E-state index contributed by atoms with van der Waals surface area (Å²) < 4.78 is 11.2. The zero-order valence-electron chi connectivity index (χ0n) is 20.4. The molecule has 3 aliphatic carbocycles. The number of fused-ring (bicyclic) bond motifs is 5. The fourth-order valence-electron chi connectivity index (χ4n) is 7.72. The molecule has 33 heavy (non-hydrogen) atoms. The van der Waals surface area contributed by atoms with Gasteiger partial charge in [-0.3, -0.25) is 0 Å². The first-order valence-corrected chi connectivity index (χ1v) is 13.4. The van der Waals surface area contributed by atoms with Crippen molar-refractivity contribution in [1.82, 2.24) is 5.32 Å². The molecule has 2 saturated carbocycles. The second kappa shape index (κ2) is 9.58. The Morgan fingerprint density at radius 2 is 2.00 bits per heavy atom. The van der Waals surface area contributed by atoms with Gasteiger partial charge in [-0.2, -0.15) is 0 Å². The standard InChI is InChI=1S/C28H41NO4/c1-3-4-5-18-16-19-17-21(33-27(31)32-20-11-14-29-15-12-20)6-7-22(19)23-10-13-28(2)24(26(18)23)8-9-25(28)30/h6-7,17-18,20,23-26,29-30H,3-5,8-16H2,1-2H3/t18-,23?,24?,25+,26-,28+/m1/s1. The van der Waals surface area contributed by atoms with Crippen molar-refractivity contribution in [3.63, 3.8) is 0 Å². The molecular weight excluding hydrogens is 414 g/mol. The van der Waals surface area contributed by atoms with Crippen LogP contribution in [-0.4, -0.2) is 36.6 Å². The van der Waals surface area contributed by atoms with Gasteiger partial charge in [-0.05, 0) is 117 Å². The topological polar surface area (TPSA) is 67.8 Å². The van der Waals surface area contributed by atoms with Crippen LogP contribution in [-0.2, 0) is 11.2 Å². The van der Waals surface area contributed by atoms with E-state index in [1.165, 1.54) is 36.8 Å². The molecule has 1 aromatic carbocycles. The molecule has 1 heterocycles. The third-order valence-electron chi connectivity index (χ3n) is 9.50. The molecule has 1 aromatic rings. The lowest BCUT2D eigenvalue weighted by molar-refractivity contribution is -0.0395. The number of piperidine rings is 1. The number of ether oxygens (including phenoxy) is 2. The molecule has 0 aromatic heterocycles. The van der Waals surface area contributed by atoms with Gasteiger partial charge >= 0.3 is 6.16 Å². The molecule has 2 unspecified atom stereocenters. The second-order valence-electron chi connectivity index (χ2n) is 11.3. The summed E-state index contributed by atoms with van der Waals surface area (Å²) in [6.45, 7) is 6.40. The first-order valence-electron chi connectivity index (χ1n) is 13.4. The molecule has 0 bridgehead atoms. The Bertz CT molecular complexity index is 850. The number of hydrogen-bond donors (Lipinski definition) is 2. The van der Waals surface area contributed by atoms with Gasteiger partial charge < -0.3 is 19.9 Å². The highest BCUT2D eigenvalue weighted by Gasteiger charge is 2.56. The predicted molar refractivity (Wildman–Crippen MR) is 128 cm³/mol. The number of aliphatic hydroxyl groups is 1. The molecule has 2 N–H and O–H groups in total. The van der Waals surface area contributed by atoms with E-state index in [2.05, 4.69) is 31.3 Å². The number of aliphatic hydroxyl groups excluding tert-OH is 1. The highest BCUT2D eigenvalue weighted by Crippen LogP contribution is 2.62. The van der Waals surface area contributed by atoms with Crippen LogP contribution in [0.25, 0.3) is 0 Å². The smallest absolute Gasteiger partial charge is 0.431 e. The Hall–Kier alpha value is -1.59. The third-order valence-corrected chi connectivity index (χ3v) is 9.50. The normalized spacial score (nSPS) is 35.9. The van der Waals surface area contributed by atoms with E-state index in [0.717, 1.165) is 51.6 Å². The summed E-state index contributed by atoms with van der Waals surface area (Å²) in [5.74, 6) is 3.11. The van der Waals surface area contributed by atoms with Crippen molar-refractivity contribution >= 4 is 6.16 Å². The van der Waals surface area contributed by atoms with Crippen LogP contribution in [0.3, 0.4) is 0 Å².